The second-order valence-corrected chi connectivity index (χ2v) is 4.19. The highest BCUT2D eigenvalue weighted by Crippen LogP contribution is 2.26. The van der Waals surface area contributed by atoms with Crippen molar-refractivity contribution >= 4 is 28.6 Å². The first kappa shape index (κ1) is 8.40. The van der Waals surface area contributed by atoms with E-state index in [1.54, 1.807) is 6.20 Å². The van der Waals surface area contributed by atoms with Gasteiger partial charge in [0, 0.05) is 6.20 Å². The molecule has 0 aliphatic rings. The number of thiazole rings is 1. The summed E-state index contributed by atoms with van der Waals surface area (Å²) in [6, 6.07) is 5.67. The number of aromatic nitrogens is 2. The Balaban J connectivity index is 2.59. The Morgan fingerprint density at radius 1 is 1.46 bits per heavy atom. The second-order valence-electron chi connectivity index (χ2n) is 2.47. The van der Waals surface area contributed by atoms with Gasteiger partial charge in [0.2, 0.25) is 0 Å². The van der Waals surface area contributed by atoms with Gasteiger partial charge in [-0.15, -0.1) is 0 Å². The van der Waals surface area contributed by atoms with E-state index in [9.17, 15) is 0 Å². The Kier molecular flexibility index (Phi) is 2.12. The smallest absolute Gasteiger partial charge is 0.160 e. The summed E-state index contributed by atoms with van der Waals surface area (Å²) in [5.74, 6) is 0. The van der Waals surface area contributed by atoms with E-state index in [1.807, 2.05) is 18.2 Å². The summed E-state index contributed by atoms with van der Waals surface area (Å²) in [7, 11) is 0. The van der Waals surface area contributed by atoms with Crippen LogP contribution < -0.4 is 5.73 Å². The molecule has 0 saturated heterocycles. The van der Waals surface area contributed by atoms with Gasteiger partial charge < -0.3 is 10.7 Å². The van der Waals surface area contributed by atoms with Crippen LogP contribution >= 0.6 is 23.6 Å². The van der Waals surface area contributed by atoms with Gasteiger partial charge in [-0.3, -0.25) is 4.98 Å². The number of anilines is 1. The summed E-state index contributed by atoms with van der Waals surface area (Å²) >= 11 is 6.34. The molecule has 3 nitrogen and oxygen atoms in total. The minimum atomic E-state index is 0.679. The number of nitrogen functional groups attached to an aromatic ring is 1. The average molecular weight is 209 g/mol. The van der Waals surface area contributed by atoms with E-state index in [0.717, 1.165) is 11.4 Å². The van der Waals surface area contributed by atoms with Crippen LogP contribution in [0.25, 0.3) is 11.4 Å². The SMILES string of the molecule is Nc1sc(=S)[nH]c1-c1ccccn1. The monoisotopic (exact) mass is 209 g/mol. The third kappa shape index (κ3) is 1.61. The summed E-state index contributed by atoms with van der Waals surface area (Å²) < 4.78 is 0.679. The molecule has 0 radical (unpaired) electrons. The fourth-order valence-electron chi connectivity index (χ4n) is 1.04. The van der Waals surface area contributed by atoms with Gasteiger partial charge in [0.05, 0.1) is 11.4 Å². The van der Waals surface area contributed by atoms with Crippen molar-refractivity contribution in [1.82, 2.24) is 9.97 Å². The molecule has 0 atom stereocenters. The highest BCUT2D eigenvalue weighted by molar-refractivity contribution is 7.73. The van der Waals surface area contributed by atoms with Crippen LogP contribution in [-0.4, -0.2) is 9.97 Å². The van der Waals surface area contributed by atoms with E-state index in [2.05, 4.69) is 9.97 Å². The van der Waals surface area contributed by atoms with Gasteiger partial charge in [0.25, 0.3) is 0 Å². The molecule has 3 N–H and O–H groups in total. The lowest BCUT2D eigenvalue weighted by atomic mass is 10.3. The predicted octanol–water partition coefficient (Wildman–Crippen LogP) is 2.45. The number of nitrogens with one attached hydrogen (secondary N) is 1. The fraction of sp³-hybridized carbons (Fsp3) is 0. The molecule has 5 heteroatoms. The zero-order chi connectivity index (χ0) is 9.26. The van der Waals surface area contributed by atoms with Crippen molar-refractivity contribution in [2.75, 3.05) is 5.73 Å². The largest absolute Gasteiger partial charge is 0.389 e. The first-order chi connectivity index (χ1) is 6.27. The van der Waals surface area contributed by atoms with Crippen LogP contribution in [0.2, 0.25) is 0 Å². The second kappa shape index (κ2) is 3.27. The van der Waals surface area contributed by atoms with Crippen molar-refractivity contribution in [3.63, 3.8) is 0 Å². The normalized spacial score (nSPS) is 10.2. The summed E-state index contributed by atoms with van der Waals surface area (Å²) in [5, 5.41) is 0.684. The molecule has 0 unspecified atom stereocenters. The molecule has 66 valence electrons. The van der Waals surface area contributed by atoms with Gasteiger partial charge >= 0.3 is 0 Å². The summed E-state index contributed by atoms with van der Waals surface area (Å²) in [4.78, 5) is 7.18. The van der Waals surface area contributed by atoms with Gasteiger partial charge in [-0.1, -0.05) is 17.4 Å². The number of nitrogens with zero attached hydrogens (tertiary/aromatic N) is 1. The molecular weight excluding hydrogens is 202 g/mol. The van der Waals surface area contributed by atoms with Crippen LogP contribution in [0.5, 0.6) is 0 Å². The quantitative estimate of drug-likeness (QED) is 0.709. The highest BCUT2D eigenvalue weighted by Gasteiger charge is 2.05. The van der Waals surface area contributed by atoms with Crippen molar-refractivity contribution in [1.29, 1.82) is 0 Å². The van der Waals surface area contributed by atoms with Crippen molar-refractivity contribution in [2.24, 2.45) is 0 Å². The lowest BCUT2D eigenvalue weighted by Crippen LogP contribution is -1.87. The average Bonchev–Trinajstić information content (AvgIpc) is 2.47. The summed E-state index contributed by atoms with van der Waals surface area (Å²) in [5.41, 5.74) is 7.40. The number of pyridine rings is 1. The Bertz CT molecular complexity index is 458. The van der Waals surface area contributed by atoms with Gasteiger partial charge in [-0.05, 0) is 24.4 Å². The molecule has 2 rings (SSSR count). The maximum atomic E-state index is 5.75. The molecule has 0 fully saturated rings. The number of hydrogen-bond donors (Lipinski definition) is 2. The molecule has 2 heterocycles. The lowest BCUT2D eigenvalue weighted by Gasteiger charge is -1.95. The standard InChI is InChI=1S/C8H7N3S2/c9-7-6(11-8(12)13-7)5-3-1-2-4-10-5/h1-4H,9H2,(H,11,12). The van der Waals surface area contributed by atoms with Gasteiger partial charge in [0.15, 0.2) is 3.95 Å². The Hall–Kier alpha value is -1.20. The highest BCUT2D eigenvalue weighted by atomic mass is 32.1. The zero-order valence-electron chi connectivity index (χ0n) is 6.65. The molecule has 0 spiro atoms. The molecule has 0 aromatic carbocycles. The predicted molar refractivity (Wildman–Crippen MR) is 57.1 cm³/mol. The molecule has 0 aliphatic carbocycles. The lowest BCUT2D eigenvalue weighted by molar-refractivity contribution is 1.28. The molecule has 0 amide bonds. The third-order valence-electron chi connectivity index (χ3n) is 1.60. The van der Waals surface area contributed by atoms with E-state index in [1.165, 1.54) is 11.3 Å². The van der Waals surface area contributed by atoms with E-state index < -0.39 is 0 Å². The van der Waals surface area contributed by atoms with Crippen LogP contribution in [0, 0.1) is 3.95 Å². The Labute approximate surface area is 84.3 Å². The number of nitrogens with two attached hydrogens (primary N) is 1. The van der Waals surface area contributed by atoms with Crippen molar-refractivity contribution in [2.45, 2.75) is 0 Å². The minimum absolute atomic E-state index is 0.679. The number of H-pyrrole nitrogens is 1. The molecule has 2 aromatic heterocycles. The van der Waals surface area contributed by atoms with Crippen molar-refractivity contribution in [3.8, 4) is 11.4 Å². The van der Waals surface area contributed by atoms with Gasteiger partial charge in [0.1, 0.15) is 5.00 Å². The van der Waals surface area contributed by atoms with Crippen LogP contribution in [0.4, 0.5) is 5.00 Å². The van der Waals surface area contributed by atoms with E-state index in [-0.39, 0.29) is 0 Å². The summed E-state index contributed by atoms with van der Waals surface area (Å²) in [6.45, 7) is 0. The van der Waals surface area contributed by atoms with Gasteiger partial charge in [-0.2, -0.15) is 0 Å². The van der Waals surface area contributed by atoms with Crippen LogP contribution in [-0.2, 0) is 0 Å². The van der Waals surface area contributed by atoms with Crippen molar-refractivity contribution in [3.05, 3.63) is 28.4 Å². The minimum Gasteiger partial charge on any atom is -0.389 e. The van der Waals surface area contributed by atoms with E-state index >= 15 is 0 Å². The third-order valence-corrected chi connectivity index (χ3v) is 2.66. The Morgan fingerprint density at radius 3 is 2.85 bits per heavy atom. The van der Waals surface area contributed by atoms with Gasteiger partial charge in [-0.25, -0.2) is 0 Å². The molecule has 0 aliphatic heterocycles. The molecular formula is C8H7N3S2. The number of hydrogen-bond acceptors (Lipinski definition) is 4. The van der Waals surface area contributed by atoms with Crippen molar-refractivity contribution < 1.29 is 0 Å². The molecule has 0 bridgehead atoms. The van der Waals surface area contributed by atoms with Crippen LogP contribution in [0.3, 0.4) is 0 Å². The number of rotatable bonds is 1. The van der Waals surface area contributed by atoms with Crippen LogP contribution in [0.1, 0.15) is 0 Å². The molecule has 0 saturated carbocycles. The first-order valence-corrected chi connectivity index (χ1v) is 4.90. The van der Waals surface area contributed by atoms with Crippen LogP contribution in [0.15, 0.2) is 24.4 Å². The molecule has 13 heavy (non-hydrogen) atoms. The topological polar surface area (TPSA) is 54.7 Å². The molecule has 2 aromatic rings. The Morgan fingerprint density at radius 2 is 2.31 bits per heavy atom. The zero-order valence-corrected chi connectivity index (χ0v) is 8.28. The summed E-state index contributed by atoms with van der Waals surface area (Å²) in [6.07, 6.45) is 1.73. The van der Waals surface area contributed by atoms with E-state index in [0.29, 0.717) is 8.96 Å². The fourth-order valence-corrected chi connectivity index (χ4v) is 2.02. The maximum absolute atomic E-state index is 5.75. The first-order valence-electron chi connectivity index (χ1n) is 3.67. The van der Waals surface area contributed by atoms with E-state index in [4.69, 9.17) is 18.0 Å². The number of aromatic amines is 1. The maximum Gasteiger partial charge on any atom is 0.160 e.